The van der Waals surface area contributed by atoms with Crippen LogP contribution >= 0.6 is 0 Å². The second kappa shape index (κ2) is 13.5. The van der Waals surface area contributed by atoms with Gasteiger partial charge in [-0.15, -0.1) is 0 Å². The number of nitrogens with one attached hydrogen (secondary N) is 1. The Kier molecular flexibility index (Phi) is 10.1. The number of fused-ring (bicyclic) bond motifs is 7. The van der Waals surface area contributed by atoms with Crippen LogP contribution in [-0.2, 0) is 19.4 Å². The number of alkyl halides is 2. The molecule has 9 heteroatoms. The summed E-state index contributed by atoms with van der Waals surface area (Å²) in [5.74, 6) is -2.58. The third-order valence-corrected chi connectivity index (χ3v) is 19.1. The maximum absolute atomic E-state index is 15.2. The van der Waals surface area contributed by atoms with Crippen molar-refractivity contribution < 1.29 is 26.7 Å². The Morgan fingerprint density at radius 2 is 1.70 bits per heavy atom. The fourth-order valence-electron chi connectivity index (χ4n) is 14.6. The average Bonchev–Trinajstić information content (AvgIpc) is 3.72. The van der Waals surface area contributed by atoms with Crippen LogP contribution in [0.4, 0.5) is 8.78 Å². The third kappa shape index (κ3) is 6.17. The van der Waals surface area contributed by atoms with E-state index in [1.165, 1.54) is 56.1 Å². The summed E-state index contributed by atoms with van der Waals surface area (Å²) in [4.78, 5) is 14.5. The first-order valence-corrected chi connectivity index (χ1v) is 22.9. The molecule has 10 atom stereocenters. The quantitative estimate of drug-likeness (QED) is 0.187. The number of nitrogens with zero attached hydrogens (tertiary/aromatic N) is 1. The molecule has 53 heavy (non-hydrogen) atoms. The molecule has 4 saturated carbocycles. The summed E-state index contributed by atoms with van der Waals surface area (Å²) in [6, 6.07) is 0. The molecule has 0 aromatic carbocycles. The van der Waals surface area contributed by atoms with E-state index in [2.05, 4.69) is 64.4 Å². The Morgan fingerprint density at radius 3 is 2.38 bits per heavy atom. The fourth-order valence-corrected chi connectivity index (χ4v) is 15.9. The van der Waals surface area contributed by atoms with E-state index < -0.39 is 27.6 Å². The lowest BCUT2D eigenvalue weighted by atomic mass is 9.33. The first kappa shape index (κ1) is 39.6. The van der Waals surface area contributed by atoms with Crippen molar-refractivity contribution in [2.24, 2.45) is 57.2 Å². The standard InChI is InChI=1S/C44H68F2N2O4S/c1-9-52-38(49)44(45,46)31-11-10-30(28-31)33-15-17-40(6)35(39(33,4)5)16-18-42(8)36(40)13-12-34-37-32(29(2)3)14-19-43(37,21-20-41(34,42)7)47-22-23-48-24-26-53(50,51)27-25-48/h10,15,31-32,34-37,47H,2,9,11-14,16-28H2,1,3-8H3/t31?,32-,34+,35-,36+,37+,40-,41+,42+,43-/m0/s1. The summed E-state index contributed by atoms with van der Waals surface area (Å²) in [5, 5.41) is 4.19. The van der Waals surface area contributed by atoms with Crippen LogP contribution in [0.25, 0.3) is 0 Å². The van der Waals surface area contributed by atoms with Crippen LogP contribution in [0.3, 0.4) is 0 Å². The van der Waals surface area contributed by atoms with Crippen molar-refractivity contribution in [3.63, 3.8) is 0 Å². The van der Waals surface area contributed by atoms with Crippen molar-refractivity contribution in [1.82, 2.24) is 10.2 Å². The van der Waals surface area contributed by atoms with Gasteiger partial charge >= 0.3 is 11.9 Å². The van der Waals surface area contributed by atoms with Gasteiger partial charge in [0.05, 0.1) is 18.1 Å². The third-order valence-electron chi connectivity index (χ3n) is 17.5. The molecule has 0 spiro atoms. The summed E-state index contributed by atoms with van der Waals surface area (Å²) in [5.41, 5.74) is 4.10. The molecule has 6 nitrogen and oxygen atoms in total. The number of hydrogen-bond acceptors (Lipinski definition) is 6. The minimum Gasteiger partial charge on any atom is -0.462 e. The molecule has 298 valence electrons. The molecule has 1 aliphatic heterocycles. The van der Waals surface area contributed by atoms with E-state index in [0.29, 0.717) is 42.7 Å². The minimum absolute atomic E-state index is 0.0389. The molecule has 7 rings (SSSR count). The summed E-state index contributed by atoms with van der Waals surface area (Å²) < 4.78 is 59.1. The van der Waals surface area contributed by atoms with Crippen LogP contribution in [0.2, 0.25) is 0 Å². The van der Waals surface area contributed by atoms with E-state index in [-0.39, 0.29) is 58.2 Å². The molecule has 0 aromatic rings. The van der Waals surface area contributed by atoms with E-state index in [0.717, 1.165) is 31.5 Å². The van der Waals surface area contributed by atoms with Crippen molar-refractivity contribution in [2.75, 3.05) is 44.3 Å². The fraction of sp³-hybridized carbons (Fsp3) is 0.841. The van der Waals surface area contributed by atoms with Crippen LogP contribution in [-0.4, -0.2) is 75.0 Å². The molecule has 5 fully saturated rings. The lowest BCUT2D eigenvalue weighted by molar-refractivity contribution is -0.221. The van der Waals surface area contributed by atoms with Gasteiger partial charge in [-0.1, -0.05) is 58.9 Å². The molecular formula is C44H68F2N2O4S. The second-order valence-corrected chi connectivity index (χ2v) is 22.3. The predicted molar refractivity (Wildman–Crippen MR) is 208 cm³/mol. The average molecular weight is 759 g/mol. The monoisotopic (exact) mass is 758 g/mol. The van der Waals surface area contributed by atoms with E-state index in [9.17, 15) is 13.2 Å². The zero-order valence-corrected chi connectivity index (χ0v) is 34.6. The van der Waals surface area contributed by atoms with Crippen LogP contribution in [0.5, 0.6) is 0 Å². The highest BCUT2D eigenvalue weighted by molar-refractivity contribution is 7.91. The smallest absolute Gasteiger partial charge is 0.377 e. The summed E-state index contributed by atoms with van der Waals surface area (Å²) in [6.45, 7) is 24.1. The maximum Gasteiger partial charge on any atom is 0.377 e. The number of esters is 1. The molecular weight excluding hydrogens is 691 g/mol. The van der Waals surface area contributed by atoms with Crippen molar-refractivity contribution in [3.8, 4) is 0 Å². The van der Waals surface area contributed by atoms with E-state index in [1.807, 2.05) is 6.08 Å². The highest BCUT2D eigenvalue weighted by atomic mass is 32.2. The SMILES string of the molecule is C=C(C)[C@@H]1CC[C@]2(NCCN3CCS(=O)(=O)CC3)CC[C@]3(C)[C@H](CC[C@@H]4[C@@]5(C)CC=C(C6=CCC(C(F)(F)C(=O)OCC)C6)C(C)(C)[C@@H]5CC[C@]43C)[C@@H]12. The van der Waals surface area contributed by atoms with Crippen LogP contribution in [0, 0.1) is 57.2 Å². The number of halogens is 2. The normalized spacial score (nSPS) is 43.4. The number of carbonyl (C=O) groups excluding carboxylic acids is 1. The predicted octanol–water partition coefficient (Wildman–Crippen LogP) is 8.79. The van der Waals surface area contributed by atoms with Crippen molar-refractivity contribution >= 4 is 15.8 Å². The molecule has 1 unspecified atom stereocenters. The summed E-state index contributed by atoms with van der Waals surface area (Å²) in [7, 11) is -2.88. The molecule has 0 radical (unpaired) electrons. The Hall–Kier alpha value is -1.58. The molecule has 1 N–H and O–H groups in total. The van der Waals surface area contributed by atoms with Gasteiger partial charge in [0.25, 0.3) is 0 Å². The maximum atomic E-state index is 15.2. The Bertz CT molecular complexity index is 1640. The second-order valence-electron chi connectivity index (χ2n) is 20.0. The molecule has 1 saturated heterocycles. The first-order chi connectivity index (χ1) is 24.8. The van der Waals surface area contributed by atoms with Crippen LogP contribution < -0.4 is 5.32 Å². The van der Waals surface area contributed by atoms with Gasteiger partial charge < -0.3 is 15.0 Å². The molecule has 0 bridgehead atoms. The summed E-state index contributed by atoms with van der Waals surface area (Å²) in [6.07, 6.45) is 15.5. The number of rotatable bonds is 9. The number of ether oxygens (including phenoxy) is 1. The van der Waals surface area contributed by atoms with E-state index in [1.54, 1.807) is 6.92 Å². The number of hydrogen-bond donors (Lipinski definition) is 1. The van der Waals surface area contributed by atoms with Gasteiger partial charge in [-0.25, -0.2) is 13.2 Å². The van der Waals surface area contributed by atoms with Gasteiger partial charge in [0.1, 0.15) is 0 Å². The van der Waals surface area contributed by atoms with Gasteiger partial charge in [-0.05, 0) is 147 Å². The minimum atomic E-state index is -3.48. The number of carbonyl (C=O) groups is 1. The van der Waals surface area contributed by atoms with Crippen molar-refractivity contribution in [3.05, 3.63) is 35.5 Å². The van der Waals surface area contributed by atoms with Gasteiger partial charge in [0.2, 0.25) is 0 Å². The first-order valence-electron chi connectivity index (χ1n) is 21.0. The van der Waals surface area contributed by atoms with Gasteiger partial charge in [0, 0.05) is 37.6 Å². The van der Waals surface area contributed by atoms with Crippen molar-refractivity contribution in [2.45, 2.75) is 131 Å². The zero-order chi connectivity index (χ0) is 38.4. The molecule has 6 aliphatic carbocycles. The lowest BCUT2D eigenvalue weighted by Gasteiger charge is -2.72. The van der Waals surface area contributed by atoms with Crippen LogP contribution in [0.1, 0.15) is 119 Å². The Morgan fingerprint density at radius 1 is 0.981 bits per heavy atom. The zero-order valence-electron chi connectivity index (χ0n) is 33.8. The highest BCUT2D eigenvalue weighted by Crippen LogP contribution is 2.76. The molecule has 7 aliphatic rings. The van der Waals surface area contributed by atoms with Crippen LogP contribution in [0.15, 0.2) is 35.5 Å². The highest BCUT2D eigenvalue weighted by Gasteiger charge is 2.70. The van der Waals surface area contributed by atoms with Gasteiger partial charge in [-0.3, -0.25) is 0 Å². The topological polar surface area (TPSA) is 75.7 Å². The lowest BCUT2D eigenvalue weighted by Crippen LogP contribution is -2.68. The van der Waals surface area contributed by atoms with Gasteiger partial charge in [-0.2, -0.15) is 8.78 Å². The number of allylic oxidation sites excluding steroid dienone is 5. The van der Waals surface area contributed by atoms with Gasteiger partial charge in [0.15, 0.2) is 9.84 Å². The summed E-state index contributed by atoms with van der Waals surface area (Å²) >= 11 is 0. The number of sulfone groups is 1. The van der Waals surface area contributed by atoms with Crippen molar-refractivity contribution in [1.29, 1.82) is 0 Å². The van der Waals surface area contributed by atoms with E-state index in [4.69, 9.17) is 4.74 Å². The Labute approximate surface area is 319 Å². The molecule has 1 heterocycles. The molecule has 0 amide bonds. The Balaban J connectivity index is 1.11. The largest absolute Gasteiger partial charge is 0.462 e. The molecule has 0 aromatic heterocycles. The van der Waals surface area contributed by atoms with E-state index >= 15 is 8.78 Å².